The molecule has 18 heavy (non-hydrogen) atoms. The number of carbonyl (C=O) groups excluding carboxylic acids is 1. The predicted molar refractivity (Wildman–Crippen MR) is 72.4 cm³/mol. The third kappa shape index (κ3) is 2.72. The Bertz CT molecular complexity index is 443. The molecule has 0 aromatic carbocycles. The zero-order chi connectivity index (χ0) is 13.1. The number of pyridine rings is 1. The van der Waals surface area contributed by atoms with Crippen molar-refractivity contribution in [2.45, 2.75) is 38.6 Å². The number of unbranched alkanes of at least 4 members (excludes halogenated alkanes) is 1. The number of carbonyl (C=O) groups is 1. The first-order chi connectivity index (χ1) is 8.63. The minimum Gasteiger partial charge on any atom is -0.397 e. The third-order valence-corrected chi connectivity index (χ3v) is 3.22. The molecule has 1 fully saturated rings. The van der Waals surface area contributed by atoms with Crippen LogP contribution in [0.2, 0.25) is 0 Å². The second kappa shape index (κ2) is 5.25. The molecule has 1 heterocycles. The van der Waals surface area contributed by atoms with Crippen LogP contribution < -0.4 is 16.4 Å². The lowest BCUT2D eigenvalue weighted by Gasteiger charge is -2.23. The van der Waals surface area contributed by atoms with Crippen LogP contribution in [0.25, 0.3) is 0 Å². The van der Waals surface area contributed by atoms with Gasteiger partial charge in [0.05, 0.1) is 17.4 Å². The van der Waals surface area contributed by atoms with Crippen molar-refractivity contribution < 1.29 is 4.79 Å². The second-order valence-electron chi connectivity index (χ2n) is 4.77. The summed E-state index contributed by atoms with van der Waals surface area (Å²) in [7, 11) is 0. The van der Waals surface area contributed by atoms with Crippen LogP contribution in [-0.4, -0.2) is 23.5 Å². The van der Waals surface area contributed by atoms with Gasteiger partial charge in [-0.25, -0.2) is 4.98 Å². The standard InChI is InChI=1S/C13H20N4O/c1-2-3-6-17(9-4-5-9)12-7-10(13(15)18)11(14)8-16-12/h7-9H,2-6,14H2,1H3,(H2,15,18). The van der Waals surface area contributed by atoms with Crippen LogP contribution in [-0.2, 0) is 0 Å². The molecule has 0 bridgehead atoms. The fourth-order valence-corrected chi connectivity index (χ4v) is 2.02. The first-order valence-corrected chi connectivity index (χ1v) is 6.45. The number of hydrogen-bond donors (Lipinski definition) is 2. The molecule has 98 valence electrons. The summed E-state index contributed by atoms with van der Waals surface area (Å²) in [5.41, 5.74) is 11.7. The van der Waals surface area contributed by atoms with Gasteiger partial charge in [0.2, 0.25) is 0 Å². The molecule has 0 radical (unpaired) electrons. The molecule has 1 saturated carbocycles. The summed E-state index contributed by atoms with van der Waals surface area (Å²) >= 11 is 0. The molecular formula is C13H20N4O. The lowest BCUT2D eigenvalue weighted by molar-refractivity contribution is 0.100. The van der Waals surface area contributed by atoms with E-state index in [1.165, 1.54) is 19.0 Å². The van der Waals surface area contributed by atoms with Crippen molar-refractivity contribution in [3.05, 3.63) is 17.8 Å². The number of nitrogens with two attached hydrogens (primary N) is 2. The highest BCUT2D eigenvalue weighted by Gasteiger charge is 2.30. The van der Waals surface area contributed by atoms with Crippen LogP contribution >= 0.6 is 0 Å². The number of amides is 1. The summed E-state index contributed by atoms with van der Waals surface area (Å²) in [4.78, 5) is 17.9. The molecule has 0 unspecified atom stereocenters. The summed E-state index contributed by atoms with van der Waals surface area (Å²) in [6.45, 7) is 3.13. The maximum atomic E-state index is 11.3. The van der Waals surface area contributed by atoms with E-state index in [9.17, 15) is 4.79 Å². The molecule has 1 aromatic rings. The zero-order valence-electron chi connectivity index (χ0n) is 10.7. The van der Waals surface area contributed by atoms with Crippen LogP contribution in [0.3, 0.4) is 0 Å². The van der Waals surface area contributed by atoms with Gasteiger partial charge in [-0.05, 0) is 25.3 Å². The molecule has 1 aliphatic carbocycles. The van der Waals surface area contributed by atoms with E-state index < -0.39 is 5.91 Å². The summed E-state index contributed by atoms with van der Waals surface area (Å²) in [6, 6.07) is 2.28. The maximum Gasteiger partial charge on any atom is 0.250 e. The monoisotopic (exact) mass is 248 g/mol. The molecule has 5 nitrogen and oxygen atoms in total. The molecule has 0 aliphatic heterocycles. The van der Waals surface area contributed by atoms with Gasteiger partial charge in [0.15, 0.2) is 0 Å². The molecule has 1 amide bonds. The van der Waals surface area contributed by atoms with Gasteiger partial charge in [-0.2, -0.15) is 0 Å². The van der Waals surface area contributed by atoms with Crippen LogP contribution in [0.1, 0.15) is 43.0 Å². The number of aromatic nitrogens is 1. The number of hydrogen-bond acceptors (Lipinski definition) is 4. The molecule has 4 N–H and O–H groups in total. The van der Waals surface area contributed by atoms with E-state index in [2.05, 4.69) is 16.8 Å². The minimum atomic E-state index is -0.498. The van der Waals surface area contributed by atoms with Crippen LogP contribution in [0.4, 0.5) is 11.5 Å². The second-order valence-corrected chi connectivity index (χ2v) is 4.77. The summed E-state index contributed by atoms with van der Waals surface area (Å²) in [5, 5.41) is 0. The SMILES string of the molecule is CCCCN(c1cc(C(N)=O)c(N)cn1)C1CC1. The van der Waals surface area contributed by atoms with Gasteiger partial charge in [-0.1, -0.05) is 13.3 Å². The Morgan fingerprint density at radius 2 is 2.28 bits per heavy atom. The van der Waals surface area contributed by atoms with E-state index in [-0.39, 0.29) is 0 Å². The van der Waals surface area contributed by atoms with Gasteiger partial charge in [0.25, 0.3) is 5.91 Å². The van der Waals surface area contributed by atoms with Gasteiger partial charge in [0, 0.05) is 12.6 Å². The van der Waals surface area contributed by atoms with E-state index >= 15 is 0 Å². The molecule has 0 spiro atoms. The number of nitrogens with zero attached hydrogens (tertiary/aromatic N) is 2. The number of primary amides is 1. The van der Waals surface area contributed by atoms with Crippen molar-refractivity contribution in [1.82, 2.24) is 4.98 Å². The van der Waals surface area contributed by atoms with Crippen LogP contribution in [0, 0.1) is 0 Å². The highest BCUT2D eigenvalue weighted by Crippen LogP contribution is 2.31. The average Bonchev–Trinajstić information content (AvgIpc) is 3.15. The van der Waals surface area contributed by atoms with Crippen molar-refractivity contribution in [3.8, 4) is 0 Å². The van der Waals surface area contributed by atoms with Crippen molar-refractivity contribution in [1.29, 1.82) is 0 Å². The Labute approximate surface area is 107 Å². The van der Waals surface area contributed by atoms with E-state index in [0.29, 0.717) is 17.3 Å². The Morgan fingerprint density at radius 1 is 1.56 bits per heavy atom. The predicted octanol–water partition coefficient (Wildman–Crippen LogP) is 1.53. The molecule has 1 aromatic heterocycles. The van der Waals surface area contributed by atoms with E-state index in [0.717, 1.165) is 25.2 Å². The van der Waals surface area contributed by atoms with Crippen LogP contribution in [0.5, 0.6) is 0 Å². The van der Waals surface area contributed by atoms with Gasteiger partial charge in [-0.3, -0.25) is 4.79 Å². The van der Waals surface area contributed by atoms with Crippen molar-refractivity contribution in [2.75, 3.05) is 17.2 Å². The minimum absolute atomic E-state index is 0.345. The van der Waals surface area contributed by atoms with Crippen LogP contribution in [0.15, 0.2) is 12.3 Å². The lowest BCUT2D eigenvalue weighted by Crippen LogP contribution is -2.28. The fourth-order valence-electron chi connectivity index (χ4n) is 2.02. The summed E-state index contributed by atoms with van der Waals surface area (Å²) < 4.78 is 0. The van der Waals surface area contributed by atoms with Gasteiger partial charge >= 0.3 is 0 Å². The number of anilines is 2. The first-order valence-electron chi connectivity index (χ1n) is 6.45. The molecular weight excluding hydrogens is 228 g/mol. The zero-order valence-corrected chi connectivity index (χ0v) is 10.7. The van der Waals surface area contributed by atoms with Crippen molar-refractivity contribution in [2.24, 2.45) is 5.73 Å². The average molecular weight is 248 g/mol. The van der Waals surface area contributed by atoms with Gasteiger partial charge in [0.1, 0.15) is 5.82 Å². The number of nitrogen functional groups attached to an aromatic ring is 1. The summed E-state index contributed by atoms with van der Waals surface area (Å²) in [6.07, 6.45) is 6.18. The Kier molecular flexibility index (Phi) is 3.69. The van der Waals surface area contributed by atoms with Crippen molar-refractivity contribution >= 4 is 17.4 Å². The Morgan fingerprint density at radius 3 is 2.83 bits per heavy atom. The van der Waals surface area contributed by atoms with E-state index in [4.69, 9.17) is 11.5 Å². The maximum absolute atomic E-state index is 11.3. The molecule has 1 aliphatic rings. The van der Waals surface area contributed by atoms with E-state index in [1.807, 2.05) is 0 Å². The van der Waals surface area contributed by atoms with E-state index in [1.54, 1.807) is 6.07 Å². The number of rotatable bonds is 6. The first kappa shape index (κ1) is 12.7. The molecule has 5 heteroatoms. The Hall–Kier alpha value is -1.78. The fraction of sp³-hybridized carbons (Fsp3) is 0.538. The largest absolute Gasteiger partial charge is 0.397 e. The topological polar surface area (TPSA) is 85.2 Å². The third-order valence-electron chi connectivity index (χ3n) is 3.22. The quantitative estimate of drug-likeness (QED) is 0.799. The highest BCUT2D eigenvalue weighted by atomic mass is 16.1. The molecule has 0 atom stereocenters. The van der Waals surface area contributed by atoms with Gasteiger partial charge < -0.3 is 16.4 Å². The Balaban J connectivity index is 2.24. The normalized spacial score (nSPS) is 14.5. The molecule has 2 rings (SSSR count). The summed E-state index contributed by atoms with van der Waals surface area (Å²) in [5.74, 6) is 0.316. The van der Waals surface area contributed by atoms with Crippen molar-refractivity contribution in [3.63, 3.8) is 0 Å². The smallest absolute Gasteiger partial charge is 0.250 e. The lowest BCUT2D eigenvalue weighted by atomic mass is 10.2. The highest BCUT2D eigenvalue weighted by molar-refractivity contribution is 5.98. The molecule has 0 saturated heterocycles. The van der Waals surface area contributed by atoms with Gasteiger partial charge in [-0.15, -0.1) is 0 Å².